The van der Waals surface area contributed by atoms with Crippen LogP contribution in [-0.2, 0) is 9.84 Å². The van der Waals surface area contributed by atoms with Crippen molar-refractivity contribution in [3.05, 3.63) is 35.4 Å². The number of aliphatic hydroxyl groups excluding tert-OH is 1. The van der Waals surface area contributed by atoms with Gasteiger partial charge in [-0.3, -0.25) is 0 Å². The van der Waals surface area contributed by atoms with Crippen LogP contribution in [0.1, 0.15) is 36.5 Å². The molecular formula is C15H23NO3S. The van der Waals surface area contributed by atoms with Crippen molar-refractivity contribution < 1.29 is 13.5 Å². The van der Waals surface area contributed by atoms with Gasteiger partial charge in [0.15, 0.2) is 9.84 Å². The van der Waals surface area contributed by atoms with Gasteiger partial charge >= 0.3 is 0 Å². The van der Waals surface area contributed by atoms with Crippen LogP contribution in [0.3, 0.4) is 0 Å². The lowest BCUT2D eigenvalue weighted by Crippen LogP contribution is -2.41. The number of hydrogen-bond acceptors (Lipinski definition) is 4. The maximum absolute atomic E-state index is 11.7. The summed E-state index contributed by atoms with van der Waals surface area (Å²) in [7, 11) is -3.01. The minimum absolute atomic E-state index is 0.0369. The predicted octanol–water partition coefficient (Wildman–Crippen LogP) is 1.58. The molecule has 1 fully saturated rings. The molecule has 0 aromatic heterocycles. The van der Waals surface area contributed by atoms with E-state index in [1.165, 1.54) is 6.26 Å². The first kappa shape index (κ1) is 15.5. The molecule has 0 saturated heterocycles. The summed E-state index contributed by atoms with van der Waals surface area (Å²) >= 11 is 0. The molecule has 2 N–H and O–H groups in total. The van der Waals surface area contributed by atoms with Crippen LogP contribution < -0.4 is 5.32 Å². The molecule has 1 aromatic carbocycles. The Bertz CT molecular complexity index is 539. The van der Waals surface area contributed by atoms with Gasteiger partial charge < -0.3 is 10.4 Å². The summed E-state index contributed by atoms with van der Waals surface area (Å²) in [5, 5.41) is 13.1. The van der Waals surface area contributed by atoms with E-state index in [9.17, 15) is 13.5 Å². The lowest BCUT2D eigenvalue weighted by molar-refractivity contribution is 0.170. The van der Waals surface area contributed by atoms with Crippen molar-refractivity contribution in [1.29, 1.82) is 0 Å². The Hall–Kier alpha value is -0.910. The van der Waals surface area contributed by atoms with Crippen molar-refractivity contribution in [2.45, 2.75) is 43.6 Å². The Morgan fingerprint density at radius 3 is 2.55 bits per heavy atom. The van der Waals surface area contributed by atoms with Crippen LogP contribution in [-0.4, -0.2) is 37.6 Å². The molecule has 1 aliphatic carbocycles. The van der Waals surface area contributed by atoms with E-state index in [0.29, 0.717) is 6.54 Å². The van der Waals surface area contributed by atoms with Crippen LogP contribution in [0.2, 0.25) is 0 Å². The zero-order valence-electron chi connectivity index (χ0n) is 12.0. The second-order valence-electron chi connectivity index (χ2n) is 5.74. The van der Waals surface area contributed by atoms with Gasteiger partial charge in [-0.2, -0.15) is 0 Å². The molecule has 0 amide bonds. The van der Waals surface area contributed by atoms with E-state index in [1.807, 2.05) is 31.2 Å². The van der Waals surface area contributed by atoms with Crippen LogP contribution in [0, 0.1) is 6.92 Å². The minimum Gasteiger partial charge on any atom is -0.387 e. The minimum atomic E-state index is -3.01. The number of nitrogens with one attached hydrogen (secondary N) is 1. The monoisotopic (exact) mass is 297 g/mol. The van der Waals surface area contributed by atoms with E-state index in [2.05, 4.69) is 5.32 Å². The van der Waals surface area contributed by atoms with Crippen molar-refractivity contribution in [3.63, 3.8) is 0 Å². The number of hydrogen-bond donors (Lipinski definition) is 2. The SMILES string of the molecule is Cc1ccc(C(O)CNC2CCCC2S(C)(=O)=O)cc1. The van der Waals surface area contributed by atoms with Crippen molar-refractivity contribution in [2.24, 2.45) is 0 Å². The standard InChI is InChI=1S/C15H23NO3S/c1-11-6-8-12(9-7-11)14(17)10-16-13-4-3-5-15(13)20(2,18)19/h6-9,13-17H,3-5,10H2,1-2H3. The summed E-state index contributed by atoms with van der Waals surface area (Å²) in [6.07, 6.45) is 3.20. The topological polar surface area (TPSA) is 66.4 Å². The van der Waals surface area contributed by atoms with Gasteiger partial charge in [0, 0.05) is 18.8 Å². The Morgan fingerprint density at radius 1 is 1.30 bits per heavy atom. The molecule has 1 aromatic rings. The van der Waals surface area contributed by atoms with Crippen LogP contribution >= 0.6 is 0 Å². The van der Waals surface area contributed by atoms with Gasteiger partial charge in [0.25, 0.3) is 0 Å². The highest BCUT2D eigenvalue weighted by atomic mass is 32.2. The molecule has 4 nitrogen and oxygen atoms in total. The fourth-order valence-corrected chi connectivity index (χ4v) is 4.27. The van der Waals surface area contributed by atoms with Crippen molar-refractivity contribution >= 4 is 9.84 Å². The predicted molar refractivity (Wildman–Crippen MR) is 80.4 cm³/mol. The molecule has 5 heteroatoms. The zero-order chi connectivity index (χ0) is 14.8. The highest BCUT2D eigenvalue weighted by Gasteiger charge is 2.34. The molecule has 0 bridgehead atoms. The fourth-order valence-electron chi connectivity index (χ4n) is 2.84. The number of rotatable bonds is 5. The normalized spacial score (nSPS) is 24.8. The Morgan fingerprint density at radius 2 is 1.95 bits per heavy atom. The summed E-state index contributed by atoms with van der Waals surface area (Å²) in [5.74, 6) is 0. The molecule has 1 saturated carbocycles. The quantitative estimate of drug-likeness (QED) is 0.866. The Kier molecular flexibility index (Phi) is 4.83. The highest BCUT2D eigenvalue weighted by molar-refractivity contribution is 7.91. The third-order valence-corrected chi connectivity index (χ3v) is 5.70. The molecule has 0 aliphatic heterocycles. The average molecular weight is 297 g/mol. The van der Waals surface area contributed by atoms with Crippen LogP contribution in [0.15, 0.2) is 24.3 Å². The maximum atomic E-state index is 11.7. The summed E-state index contributed by atoms with van der Waals surface area (Å²) < 4.78 is 23.4. The number of aryl methyl sites for hydroxylation is 1. The molecule has 1 aliphatic rings. The van der Waals surface area contributed by atoms with Crippen molar-refractivity contribution in [2.75, 3.05) is 12.8 Å². The molecule has 112 valence electrons. The number of sulfone groups is 1. The molecule has 20 heavy (non-hydrogen) atoms. The first-order valence-corrected chi connectivity index (χ1v) is 9.00. The molecule has 0 radical (unpaired) electrons. The summed E-state index contributed by atoms with van der Waals surface area (Å²) in [4.78, 5) is 0. The summed E-state index contributed by atoms with van der Waals surface area (Å²) in [5.41, 5.74) is 2.01. The molecule has 3 unspecified atom stereocenters. The van der Waals surface area contributed by atoms with Gasteiger partial charge in [-0.15, -0.1) is 0 Å². The van der Waals surface area contributed by atoms with Gasteiger partial charge in [-0.1, -0.05) is 36.2 Å². The molecule has 0 heterocycles. The van der Waals surface area contributed by atoms with E-state index in [4.69, 9.17) is 0 Å². The van der Waals surface area contributed by atoms with E-state index < -0.39 is 15.9 Å². The van der Waals surface area contributed by atoms with Gasteiger partial charge in [-0.05, 0) is 25.3 Å². The molecule has 3 atom stereocenters. The summed E-state index contributed by atoms with van der Waals surface area (Å²) in [6.45, 7) is 2.39. The van der Waals surface area contributed by atoms with Crippen LogP contribution in [0.5, 0.6) is 0 Å². The molecular weight excluding hydrogens is 274 g/mol. The van der Waals surface area contributed by atoms with Crippen molar-refractivity contribution in [3.8, 4) is 0 Å². The maximum Gasteiger partial charge on any atom is 0.151 e. The third-order valence-electron chi connectivity index (χ3n) is 4.04. The first-order valence-electron chi connectivity index (χ1n) is 7.05. The molecule has 0 spiro atoms. The second-order valence-corrected chi connectivity index (χ2v) is 8.00. The molecule has 2 rings (SSSR count). The van der Waals surface area contributed by atoms with Crippen molar-refractivity contribution in [1.82, 2.24) is 5.32 Å². The third kappa shape index (κ3) is 3.81. The fraction of sp³-hybridized carbons (Fsp3) is 0.600. The zero-order valence-corrected chi connectivity index (χ0v) is 12.9. The highest BCUT2D eigenvalue weighted by Crippen LogP contribution is 2.25. The number of benzene rings is 1. The largest absolute Gasteiger partial charge is 0.387 e. The number of aliphatic hydroxyl groups is 1. The van der Waals surface area contributed by atoms with Gasteiger partial charge in [0.1, 0.15) is 0 Å². The van der Waals surface area contributed by atoms with Crippen LogP contribution in [0.25, 0.3) is 0 Å². The van der Waals surface area contributed by atoms with Gasteiger partial charge in [0.05, 0.1) is 11.4 Å². The van der Waals surface area contributed by atoms with E-state index in [0.717, 1.165) is 30.4 Å². The second kappa shape index (κ2) is 6.24. The summed E-state index contributed by atoms with van der Waals surface area (Å²) in [6, 6.07) is 7.71. The average Bonchev–Trinajstić information content (AvgIpc) is 2.85. The lowest BCUT2D eigenvalue weighted by Gasteiger charge is -2.21. The Balaban J connectivity index is 1.93. The lowest BCUT2D eigenvalue weighted by atomic mass is 10.1. The Labute approximate surface area is 121 Å². The van der Waals surface area contributed by atoms with E-state index >= 15 is 0 Å². The van der Waals surface area contributed by atoms with Gasteiger partial charge in [0.2, 0.25) is 0 Å². The van der Waals surface area contributed by atoms with E-state index in [1.54, 1.807) is 0 Å². The van der Waals surface area contributed by atoms with Crippen LogP contribution in [0.4, 0.5) is 0 Å². The van der Waals surface area contributed by atoms with Gasteiger partial charge in [-0.25, -0.2) is 8.42 Å². The van der Waals surface area contributed by atoms with E-state index in [-0.39, 0.29) is 11.3 Å². The smallest absolute Gasteiger partial charge is 0.151 e. The first-order chi connectivity index (χ1) is 9.38.